The summed E-state index contributed by atoms with van der Waals surface area (Å²) in [6, 6.07) is 0. The maximum atomic E-state index is 8.92. The molecule has 0 saturated carbocycles. The minimum Gasteiger partial charge on any atom is -0.396 e. The fourth-order valence-electron chi connectivity index (χ4n) is 0.704. The first-order valence-corrected chi connectivity index (χ1v) is 6.10. The molecule has 0 fully saturated rings. The van der Waals surface area contributed by atoms with Crippen molar-refractivity contribution < 1.29 is 24.8 Å². The van der Waals surface area contributed by atoms with Crippen molar-refractivity contribution in [2.75, 3.05) is 26.4 Å². The van der Waals surface area contributed by atoms with Crippen LogP contribution in [-0.4, -0.2) is 60.1 Å². The quantitative estimate of drug-likeness (QED) is 0.588. The van der Waals surface area contributed by atoms with E-state index in [2.05, 4.69) is 0 Å². The van der Waals surface area contributed by atoms with Crippen LogP contribution in [0.2, 0.25) is 0 Å². The van der Waals surface area contributed by atoms with Gasteiger partial charge in [-0.3, -0.25) is 0 Å². The van der Waals surface area contributed by atoms with Crippen LogP contribution in [0.5, 0.6) is 0 Å². The molecule has 3 atom stereocenters. The third kappa shape index (κ3) is 18.4. The van der Waals surface area contributed by atoms with E-state index < -0.39 is 6.10 Å². The van der Waals surface area contributed by atoms with Gasteiger partial charge in [0.25, 0.3) is 0 Å². The number of aliphatic hydroxyl groups excluding tert-OH is 3. The van der Waals surface area contributed by atoms with Crippen molar-refractivity contribution in [3.63, 3.8) is 0 Å². The number of aliphatic hydroxyl groups is 3. The highest BCUT2D eigenvalue weighted by Gasteiger charge is 2.06. The van der Waals surface area contributed by atoms with Crippen LogP contribution >= 0.6 is 0 Å². The Morgan fingerprint density at radius 3 is 1.76 bits per heavy atom. The lowest BCUT2D eigenvalue weighted by Crippen LogP contribution is -2.24. The van der Waals surface area contributed by atoms with Gasteiger partial charge in [-0.15, -0.1) is 0 Å². The van der Waals surface area contributed by atoms with Crippen LogP contribution in [0.25, 0.3) is 0 Å². The zero-order valence-electron chi connectivity index (χ0n) is 11.4. The fourth-order valence-corrected chi connectivity index (χ4v) is 0.704. The number of hydrogen-bond acceptors (Lipinski definition) is 5. The molecule has 5 heteroatoms. The average Bonchev–Trinajstić information content (AvgIpc) is 2.33. The largest absolute Gasteiger partial charge is 0.396 e. The van der Waals surface area contributed by atoms with E-state index in [0.29, 0.717) is 19.8 Å². The Morgan fingerprint density at radius 1 is 0.941 bits per heavy atom. The normalized spacial score (nSPS) is 15.7. The zero-order valence-corrected chi connectivity index (χ0v) is 11.4. The summed E-state index contributed by atoms with van der Waals surface area (Å²) in [6.45, 7) is 8.35. The molecule has 17 heavy (non-hydrogen) atoms. The Hall–Kier alpha value is -0.200. The molecule has 0 aromatic heterocycles. The van der Waals surface area contributed by atoms with Crippen LogP contribution in [0, 0.1) is 0 Å². The molecule has 3 N–H and O–H groups in total. The molecular formula is C12H28O5. The maximum absolute atomic E-state index is 8.92. The SMILES string of the molecule is CC(O)COC(C)COC(C)CO.CCCO. The van der Waals surface area contributed by atoms with Crippen LogP contribution in [0.1, 0.15) is 34.1 Å². The second-order valence-electron chi connectivity index (χ2n) is 4.04. The molecule has 0 aromatic carbocycles. The second-order valence-corrected chi connectivity index (χ2v) is 4.04. The highest BCUT2D eigenvalue weighted by Crippen LogP contribution is 1.97. The molecule has 3 unspecified atom stereocenters. The summed E-state index contributed by atoms with van der Waals surface area (Å²) >= 11 is 0. The van der Waals surface area contributed by atoms with E-state index >= 15 is 0 Å². The van der Waals surface area contributed by atoms with Crippen LogP contribution in [0.4, 0.5) is 0 Å². The molecule has 0 rings (SSSR count). The van der Waals surface area contributed by atoms with Gasteiger partial charge in [0.05, 0.1) is 38.1 Å². The molecule has 106 valence electrons. The lowest BCUT2D eigenvalue weighted by atomic mass is 10.4. The van der Waals surface area contributed by atoms with Crippen LogP contribution in [0.3, 0.4) is 0 Å². The Labute approximate surface area is 104 Å². The number of hydrogen-bond donors (Lipinski definition) is 3. The molecule has 0 bridgehead atoms. The maximum Gasteiger partial charge on any atom is 0.0781 e. The van der Waals surface area contributed by atoms with E-state index in [1.807, 2.05) is 13.8 Å². The molecule has 0 aliphatic carbocycles. The minimum atomic E-state index is -0.447. The van der Waals surface area contributed by atoms with Crippen molar-refractivity contribution in [3.05, 3.63) is 0 Å². The van der Waals surface area contributed by atoms with Crippen LogP contribution < -0.4 is 0 Å². The zero-order chi connectivity index (χ0) is 13.7. The minimum absolute atomic E-state index is 0.0170. The van der Waals surface area contributed by atoms with Crippen molar-refractivity contribution in [2.24, 2.45) is 0 Å². The first-order valence-electron chi connectivity index (χ1n) is 6.10. The Bertz CT molecular complexity index is 139. The van der Waals surface area contributed by atoms with E-state index in [1.165, 1.54) is 0 Å². The van der Waals surface area contributed by atoms with Gasteiger partial charge in [0.15, 0.2) is 0 Å². The van der Waals surface area contributed by atoms with Crippen molar-refractivity contribution in [3.8, 4) is 0 Å². The predicted molar refractivity (Wildman–Crippen MR) is 67.0 cm³/mol. The monoisotopic (exact) mass is 252 g/mol. The predicted octanol–water partition coefficient (Wildman–Crippen LogP) is 0.558. The van der Waals surface area contributed by atoms with E-state index in [-0.39, 0.29) is 18.8 Å². The van der Waals surface area contributed by atoms with Gasteiger partial charge >= 0.3 is 0 Å². The Kier molecular flexibility index (Phi) is 15.6. The molecular weight excluding hydrogens is 224 g/mol. The lowest BCUT2D eigenvalue weighted by molar-refractivity contribution is -0.0620. The summed E-state index contributed by atoms with van der Waals surface area (Å²) in [6.07, 6.45) is 0.221. The van der Waals surface area contributed by atoms with Crippen molar-refractivity contribution in [1.82, 2.24) is 0 Å². The lowest BCUT2D eigenvalue weighted by Gasteiger charge is -2.16. The molecule has 0 saturated heterocycles. The van der Waals surface area contributed by atoms with Crippen LogP contribution in [0.15, 0.2) is 0 Å². The Morgan fingerprint density at radius 2 is 1.41 bits per heavy atom. The Balaban J connectivity index is 0. The summed E-state index contributed by atoms with van der Waals surface area (Å²) in [4.78, 5) is 0. The molecule has 0 aliphatic heterocycles. The smallest absolute Gasteiger partial charge is 0.0781 e. The van der Waals surface area contributed by atoms with Gasteiger partial charge < -0.3 is 24.8 Å². The molecule has 0 radical (unpaired) electrons. The molecule has 0 aromatic rings. The van der Waals surface area contributed by atoms with Gasteiger partial charge in [0.2, 0.25) is 0 Å². The molecule has 0 heterocycles. The summed E-state index contributed by atoms with van der Waals surface area (Å²) in [5.74, 6) is 0. The molecule has 0 spiro atoms. The van der Waals surface area contributed by atoms with Crippen molar-refractivity contribution >= 4 is 0 Å². The molecule has 5 nitrogen and oxygen atoms in total. The van der Waals surface area contributed by atoms with Crippen molar-refractivity contribution in [2.45, 2.75) is 52.4 Å². The standard InChI is InChI=1S/C9H20O4.C3H8O/c1-7(11)5-12-9(3)6-13-8(2)4-10;1-2-3-4/h7-11H,4-6H2,1-3H3;4H,2-3H2,1H3. The van der Waals surface area contributed by atoms with E-state index in [4.69, 9.17) is 24.8 Å². The average molecular weight is 252 g/mol. The first kappa shape index (κ1) is 19.1. The molecule has 0 aliphatic rings. The van der Waals surface area contributed by atoms with Gasteiger partial charge in [0.1, 0.15) is 0 Å². The van der Waals surface area contributed by atoms with Gasteiger partial charge in [-0.25, -0.2) is 0 Å². The summed E-state index contributed by atoms with van der Waals surface area (Å²) in [5.41, 5.74) is 0. The van der Waals surface area contributed by atoms with Crippen molar-refractivity contribution in [1.29, 1.82) is 0 Å². The van der Waals surface area contributed by atoms with E-state index in [1.54, 1.807) is 13.8 Å². The number of ether oxygens (including phenoxy) is 2. The van der Waals surface area contributed by atoms with E-state index in [0.717, 1.165) is 6.42 Å². The van der Waals surface area contributed by atoms with Crippen LogP contribution in [-0.2, 0) is 9.47 Å². The first-order chi connectivity index (χ1) is 7.97. The third-order valence-corrected chi connectivity index (χ3v) is 1.72. The van der Waals surface area contributed by atoms with Gasteiger partial charge in [-0.1, -0.05) is 6.92 Å². The van der Waals surface area contributed by atoms with Gasteiger partial charge in [-0.05, 0) is 27.2 Å². The highest BCUT2D eigenvalue weighted by atomic mass is 16.5. The molecule has 0 amide bonds. The summed E-state index contributed by atoms with van der Waals surface area (Å²) in [7, 11) is 0. The third-order valence-electron chi connectivity index (χ3n) is 1.72. The fraction of sp³-hybridized carbons (Fsp3) is 1.00. The van der Waals surface area contributed by atoms with Gasteiger partial charge in [-0.2, -0.15) is 0 Å². The number of rotatable bonds is 8. The summed E-state index contributed by atoms with van der Waals surface area (Å²) < 4.78 is 10.5. The van der Waals surface area contributed by atoms with Gasteiger partial charge in [0, 0.05) is 6.61 Å². The highest BCUT2D eigenvalue weighted by molar-refractivity contribution is 4.52. The topological polar surface area (TPSA) is 79.2 Å². The summed E-state index contributed by atoms with van der Waals surface area (Å²) in [5, 5.41) is 25.5. The van der Waals surface area contributed by atoms with E-state index in [9.17, 15) is 0 Å². The second kappa shape index (κ2) is 13.9.